The molecule has 0 saturated heterocycles. The third kappa shape index (κ3) is 2.32. The molecule has 1 aromatic heterocycles. The summed E-state index contributed by atoms with van der Waals surface area (Å²) in [5, 5.41) is 17.0. The fraction of sp³-hybridized carbons (Fsp3) is 0.100. The Balaban J connectivity index is 2.48. The van der Waals surface area contributed by atoms with Gasteiger partial charge in [0.2, 0.25) is 5.91 Å². The van der Waals surface area contributed by atoms with Crippen LogP contribution in [-0.2, 0) is 4.79 Å². The summed E-state index contributed by atoms with van der Waals surface area (Å²) in [6.07, 6.45) is 0. The Hall–Kier alpha value is -2.77. The number of carbonyl (C=O) groups is 1. The van der Waals surface area contributed by atoms with Crippen LogP contribution in [0, 0.1) is 10.1 Å². The van der Waals surface area contributed by atoms with E-state index in [1.807, 2.05) is 0 Å². The van der Waals surface area contributed by atoms with E-state index < -0.39 is 16.8 Å². The molecule has 0 spiro atoms. The van der Waals surface area contributed by atoms with Gasteiger partial charge in [-0.2, -0.15) is 0 Å². The summed E-state index contributed by atoms with van der Waals surface area (Å²) in [6, 6.07) is 8.52. The molecule has 2 aromatic rings. The van der Waals surface area contributed by atoms with E-state index in [1.54, 1.807) is 30.3 Å². The van der Waals surface area contributed by atoms with Crippen molar-refractivity contribution in [3.8, 4) is 5.69 Å². The lowest BCUT2D eigenvalue weighted by atomic mass is 10.3. The topological polar surface area (TPSA) is 103 Å². The lowest BCUT2D eigenvalue weighted by molar-refractivity contribution is -0.396. The normalized spacial score (nSPS) is 10.1. The van der Waals surface area contributed by atoms with Gasteiger partial charge in [-0.3, -0.25) is 10.1 Å². The number of nitrogens with one attached hydrogen (secondary N) is 1. The molecule has 8 heteroatoms. The van der Waals surface area contributed by atoms with Crippen molar-refractivity contribution >= 4 is 17.8 Å². The standard InChI is InChI=1S/C10H9N5O3/c1-7(16)11-9-12-10(15(17)18)14(13-9)8-5-3-2-4-6-8/h2-6H,1H3,(H,11,13,16). The first-order valence-corrected chi connectivity index (χ1v) is 5.02. The molecule has 0 aliphatic heterocycles. The number of benzene rings is 1. The highest BCUT2D eigenvalue weighted by Gasteiger charge is 2.23. The molecule has 0 radical (unpaired) electrons. The predicted molar refractivity (Wildman–Crippen MR) is 62.3 cm³/mol. The molecule has 92 valence electrons. The zero-order valence-electron chi connectivity index (χ0n) is 9.40. The van der Waals surface area contributed by atoms with Gasteiger partial charge in [-0.1, -0.05) is 22.9 Å². The minimum atomic E-state index is -0.661. The number of carbonyl (C=O) groups excluding carboxylic acids is 1. The van der Waals surface area contributed by atoms with Crippen LogP contribution < -0.4 is 5.32 Å². The first kappa shape index (κ1) is 11.7. The molecule has 1 N–H and O–H groups in total. The van der Waals surface area contributed by atoms with Crippen molar-refractivity contribution in [1.82, 2.24) is 14.8 Å². The summed E-state index contributed by atoms with van der Waals surface area (Å²) in [7, 11) is 0. The first-order chi connectivity index (χ1) is 8.58. The second-order valence-electron chi connectivity index (χ2n) is 3.42. The SMILES string of the molecule is CC(=O)Nc1nc([N+](=O)[O-])n(-c2ccccc2)n1. The zero-order chi connectivity index (χ0) is 13.1. The van der Waals surface area contributed by atoms with Gasteiger partial charge in [0, 0.05) is 6.92 Å². The lowest BCUT2D eigenvalue weighted by Crippen LogP contribution is -2.07. The molecule has 0 unspecified atom stereocenters. The Bertz CT molecular complexity index is 593. The van der Waals surface area contributed by atoms with Crippen LogP contribution in [0.25, 0.3) is 5.69 Å². The van der Waals surface area contributed by atoms with E-state index in [1.165, 1.54) is 6.92 Å². The quantitative estimate of drug-likeness (QED) is 0.646. The largest absolute Gasteiger partial charge is 0.463 e. The minimum absolute atomic E-state index is 0.0990. The van der Waals surface area contributed by atoms with Gasteiger partial charge in [-0.25, -0.2) is 0 Å². The van der Waals surface area contributed by atoms with E-state index in [4.69, 9.17) is 0 Å². The number of hydrogen-bond donors (Lipinski definition) is 1. The number of aromatic nitrogens is 3. The highest BCUT2D eigenvalue weighted by atomic mass is 16.6. The van der Waals surface area contributed by atoms with E-state index in [-0.39, 0.29) is 5.95 Å². The van der Waals surface area contributed by atoms with E-state index >= 15 is 0 Å². The molecule has 1 heterocycles. The molecule has 0 aliphatic rings. The van der Waals surface area contributed by atoms with Gasteiger partial charge in [-0.05, 0) is 27.1 Å². The van der Waals surface area contributed by atoms with Crippen molar-refractivity contribution in [3.63, 3.8) is 0 Å². The molecule has 0 bridgehead atoms. The third-order valence-electron chi connectivity index (χ3n) is 2.04. The fourth-order valence-corrected chi connectivity index (χ4v) is 1.37. The van der Waals surface area contributed by atoms with Gasteiger partial charge in [0.05, 0.1) is 0 Å². The maximum Gasteiger partial charge on any atom is 0.463 e. The van der Waals surface area contributed by atoms with Crippen molar-refractivity contribution in [2.24, 2.45) is 0 Å². The summed E-state index contributed by atoms with van der Waals surface area (Å²) in [5.41, 5.74) is 0.494. The highest BCUT2D eigenvalue weighted by Crippen LogP contribution is 2.17. The molecular weight excluding hydrogens is 238 g/mol. The number of hydrogen-bond acceptors (Lipinski definition) is 5. The van der Waals surface area contributed by atoms with Gasteiger partial charge in [0.1, 0.15) is 5.69 Å². The van der Waals surface area contributed by atoms with E-state index in [9.17, 15) is 14.9 Å². The Labute approximate surface area is 101 Å². The Morgan fingerprint density at radius 1 is 1.39 bits per heavy atom. The van der Waals surface area contributed by atoms with Gasteiger partial charge < -0.3 is 10.1 Å². The Morgan fingerprint density at radius 3 is 2.61 bits per heavy atom. The average Bonchev–Trinajstić information content (AvgIpc) is 2.73. The number of rotatable bonds is 3. The average molecular weight is 247 g/mol. The summed E-state index contributed by atoms with van der Waals surface area (Å²) in [5.74, 6) is -0.946. The van der Waals surface area contributed by atoms with Crippen molar-refractivity contribution in [2.45, 2.75) is 6.92 Å². The van der Waals surface area contributed by atoms with Crippen LogP contribution >= 0.6 is 0 Å². The monoisotopic (exact) mass is 247 g/mol. The van der Waals surface area contributed by atoms with Crippen LogP contribution in [-0.4, -0.2) is 25.6 Å². The van der Waals surface area contributed by atoms with Crippen LogP contribution in [0.1, 0.15) is 6.92 Å². The summed E-state index contributed by atoms with van der Waals surface area (Å²) < 4.78 is 1.06. The van der Waals surface area contributed by atoms with Crippen molar-refractivity contribution in [2.75, 3.05) is 5.32 Å². The van der Waals surface area contributed by atoms with Crippen molar-refractivity contribution in [1.29, 1.82) is 0 Å². The van der Waals surface area contributed by atoms with Gasteiger partial charge >= 0.3 is 11.9 Å². The maximum atomic E-state index is 10.9. The van der Waals surface area contributed by atoms with E-state index in [0.29, 0.717) is 5.69 Å². The van der Waals surface area contributed by atoms with E-state index in [0.717, 1.165) is 4.68 Å². The van der Waals surface area contributed by atoms with E-state index in [2.05, 4.69) is 15.4 Å². The predicted octanol–water partition coefficient (Wildman–Crippen LogP) is 1.13. The van der Waals surface area contributed by atoms with Crippen molar-refractivity contribution in [3.05, 3.63) is 40.4 Å². The molecule has 2 rings (SSSR count). The van der Waals surface area contributed by atoms with Gasteiger partial charge in [0.25, 0.3) is 0 Å². The van der Waals surface area contributed by atoms with Gasteiger partial charge in [-0.15, -0.1) is 0 Å². The van der Waals surface area contributed by atoms with Crippen molar-refractivity contribution < 1.29 is 9.72 Å². The Morgan fingerprint density at radius 2 is 2.06 bits per heavy atom. The van der Waals surface area contributed by atoms with Gasteiger partial charge in [0.15, 0.2) is 0 Å². The fourth-order valence-electron chi connectivity index (χ4n) is 1.37. The molecule has 1 amide bonds. The van der Waals surface area contributed by atoms with Crippen LogP contribution in [0.15, 0.2) is 30.3 Å². The highest BCUT2D eigenvalue weighted by molar-refractivity contribution is 5.86. The summed E-state index contributed by atoms with van der Waals surface area (Å²) >= 11 is 0. The smallest absolute Gasteiger partial charge is 0.390 e. The Kier molecular flexibility index (Phi) is 3.00. The molecule has 0 aliphatic carbocycles. The summed E-state index contributed by atoms with van der Waals surface area (Å²) in [6.45, 7) is 1.27. The minimum Gasteiger partial charge on any atom is -0.390 e. The first-order valence-electron chi connectivity index (χ1n) is 5.02. The van der Waals surface area contributed by atoms with Crippen LogP contribution in [0.2, 0.25) is 0 Å². The molecular formula is C10H9N5O3. The third-order valence-corrected chi connectivity index (χ3v) is 2.04. The molecule has 1 aromatic carbocycles. The molecule has 0 atom stereocenters. The second-order valence-corrected chi connectivity index (χ2v) is 3.42. The number of nitro groups is 1. The zero-order valence-corrected chi connectivity index (χ0v) is 9.40. The number of nitrogens with zero attached hydrogens (tertiary/aromatic N) is 4. The number of anilines is 1. The van der Waals surface area contributed by atoms with Crippen LogP contribution in [0.5, 0.6) is 0 Å². The molecule has 18 heavy (non-hydrogen) atoms. The lowest BCUT2D eigenvalue weighted by Gasteiger charge is -1.97. The molecule has 8 nitrogen and oxygen atoms in total. The van der Waals surface area contributed by atoms with Crippen LogP contribution in [0.4, 0.5) is 11.9 Å². The summed E-state index contributed by atoms with van der Waals surface area (Å²) in [4.78, 5) is 24.7. The number of amides is 1. The molecule has 0 saturated carbocycles. The maximum absolute atomic E-state index is 10.9. The molecule has 0 fully saturated rings. The number of para-hydroxylation sites is 1. The second kappa shape index (κ2) is 4.62. The van der Waals surface area contributed by atoms with Crippen LogP contribution in [0.3, 0.4) is 0 Å².